The number of carbonyl (C=O) groups excluding carboxylic acids is 1. The predicted molar refractivity (Wildman–Crippen MR) is 101 cm³/mol. The number of anilines is 1. The highest BCUT2D eigenvalue weighted by Crippen LogP contribution is 2.27. The fourth-order valence-corrected chi connectivity index (χ4v) is 3.42. The minimum Gasteiger partial charge on any atom is -0.495 e. The number of hydrogen-bond donors (Lipinski definition) is 2. The third kappa shape index (κ3) is 6.16. The van der Waals surface area contributed by atoms with E-state index >= 15 is 0 Å². The average Bonchev–Trinajstić information content (AvgIpc) is 2.80. The van der Waals surface area contributed by atoms with Crippen molar-refractivity contribution in [2.24, 2.45) is 0 Å². The molecule has 1 amide bonds. The number of methoxy groups -OCH3 is 1. The van der Waals surface area contributed by atoms with Gasteiger partial charge in [0.05, 0.1) is 25.9 Å². The number of carboxylic acid groups (broad SMARTS) is 1. The van der Waals surface area contributed by atoms with Crippen LogP contribution >= 0.6 is 11.6 Å². The molecule has 1 saturated heterocycles. The van der Waals surface area contributed by atoms with Gasteiger partial charge in [0, 0.05) is 17.6 Å². The zero-order valence-corrected chi connectivity index (χ0v) is 16.0. The number of aliphatic carboxylic acids is 1. The molecule has 1 unspecified atom stereocenters. The molecule has 2 N–H and O–H groups in total. The summed E-state index contributed by atoms with van der Waals surface area (Å²) < 4.78 is 5.24. The van der Waals surface area contributed by atoms with Crippen molar-refractivity contribution in [2.45, 2.75) is 25.3 Å². The molecule has 0 aliphatic carbocycles. The topological polar surface area (TPSA) is 82.1 Å². The Morgan fingerprint density at radius 2 is 2.15 bits per heavy atom. The van der Waals surface area contributed by atoms with E-state index in [4.69, 9.17) is 21.4 Å². The first-order valence-corrected chi connectivity index (χ1v) is 9.04. The van der Waals surface area contributed by atoms with Crippen LogP contribution in [0.5, 0.6) is 5.75 Å². The van der Waals surface area contributed by atoms with Crippen LogP contribution in [0, 0.1) is 0 Å². The van der Waals surface area contributed by atoms with Gasteiger partial charge >= 0.3 is 5.97 Å². The van der Waals surface area contributed by atoms with E-state index in [1.807, 2.05) is 11.9 Å². The van der Waals surface area contributed by atoms with Gasteiger partial charge in [0.15, 0.2) is 0 Å². The maximum atomic E-state index is 12.4. The number of likely N-dealkylation sites (tertiary alicyclic amines) is 1. The molecule has 144 valence electrons. The molecule has 2 rings (SSSR count). The number of hydrogen-bond acceptors (Lipinski definition) is 5. The van der Waals surface area contributed by atoms with Crippen molar-refractivity contribution >= 4 is 29.2 Å². The Hall–Kier alpha value is -1.83. The SMILES string of the molecule is COc1ccc(Cl)cc1NC(=O)CN1CCCC(N(C)CC(=O)O)CC1. The summed E-state index contributed by atoms with van der Waals surface area (Å²) in [4.78, 5) is 27.2. The third-order valence-electron chi connectivity index (χ3n) is 4.60. The second-order valence-electron chi connectivity index (χ2n) is 6.56. The molecule has 1 heterocycles. The smallest absolute Gasteiger partial charge is 0.317 e. The van der Waals surface area contributed by atoms with Gasteiger partial charge in [0.25, 0.3) is 0 Å². The lowest BCUT2D eigenvalue weighted by Gasteiger charge is -2.25. The van der Waals surface area contributed by atoms with Crippen molar-refractivity contribution in [3.8, 4) is 5.75 Å². The van der Waals surface area contributed by atoms with Crippen LogP contribution in [0.4, 0.5) is 5.69 Å². The lowest BCUT2D eigenvalue weighted by atomic mass is 10.1. The van der Waals surface area contributed by atoms with E-state index in [9.17, 15) is 9.59 Å². The Morgan fingerprint density at radius 3 is 2.85 bits per heavy atom. The summed E-state index contributed by atoms with van der Waals surface area (Å²) in [6, 6.07) is 5.32. The number of amides is 1. The molecule has 7 nitrogen and oxygen atoms in total. The maximum Gasteiger partial charge on any atom is 0.317 e. The van der Waals surface area contributed by atoms with Crippen molar-refractivity contribution in [3.63, 3.8) is 0 Å². The number of likely N-dealkylation sites (N-methyl/N-ethyl adjacent to an activating group) is 1. The summed E-state index contributed by atoms with van der Waals surface area (Å²) in [5, 5.41) is 12.3. The summed E-state index contributed by atoms with van der Waals surface area (Å²) in [5.74, 6) is -0.375. The lowest BCUT2D eigenvalue weighted by Crippen LogP contribution is -2.37. The zero-order valence-electron chi connectivity index (χ0n) is 15.2. The van der Waals surface area contributed by atoms with E-state index in [0.29, 0.717) is 16.5 Å². The highest BCUT2D eigenvalue weighted by molar-refractivity contribution is 6.31. The van der Waals surface area contributed by atoms with Gasteiger partial charge < -0.3 is 15.2 Å². The minimum atomic E-state index is -0.816. The molecule has 0 radical (unpaired) electrons. The summed E-state index contributed by atoms with van der Waals surface area (Å²) in [6.45, 7) is 1.90. The molecule has 1 aromatic carbocycles. The van der Waals surface area contributed by atoms with Crippen molar-refractivity contribution in [2.75, 3.05) is 45.7 Å². The molecule has 0 saturated carbocycles. The van der Waals surface area contributed by atoms with Gasteiger partial charge in [0.1, 0.15) is 5.75 Å². The van der Waals surface area contributed by atoms with E-state index in [-0.39, 0.29) is 25.0 Å². The number of carboxylic acids is 1. The first kappa shape index (κ1) is 20.5. The van der Waals surface area contributed by atoms with Crippen molar-refractivity contribution in [1.82, 2.24) is 9.80 Å². The van der Waals surface area contributed by atoms with Crippen LogP contribution in [0.15, 0.2) is 18.2 Å². The molecule has 1 aliphatic rings. The van der Waals surface area contributed by atoms with Gasteiger partial charge in [0.2, 0.25) is 5.91 Å². The number of halogens is 1. The van der Waals surface area contributed by atoms with Gasteiger partial charge in [-0.2, -0.15) is 0 Å². The second kappa shape index (κ2) is 9.75. The fraction of sp³-hybridized carbons (Fsp3) is 0.556. The third-order valence-corrected chi connectivity index (χ3v) is 4.84. The molecule has 1 aromatic rings. The Bertz CT molecular complexity index is 641. The number of carbonyl (C=O) groups is 2. The second-order valence-corrected chi connectivity index (χ2v) is 7.00. The van der Waals surface area contributed by atoms with Gasteiger partial charge in [-0.25, -0.2) is 0 Å². The molecule has 8 heteroatoms. The highest BCUT2D eigenvalue weighted by Gasteiger charge is 2.23. The Balaban J connectivity index is 1.88. The quantitative estimate of drug-likeness (QED) is 0.750. The number of nitrogens with zero attached hydrogens (tertiary/aromatic N) is 2. The van der Waals surface area contributed by atoms with Crippen molar-refractivity contribution in [3.05, 3.63) is 23.2 Å². The van der Waals surface area contributed by atoms with Crippen molar-refractivity contribution < 1.29 is 19.4 Å². The van der Waals surface area contributed by atoms with E-state index in [2.05, 4.69) is 10.2 Å². The highest BCUT2D eigenvalue weighted by atomic mass is 35.5. The van der Waals surface area contributed by atoms with Gasteiger partial charge in [-0.3, -0.25) is 19.4 Å². The van der Waals surface area contributed by atoms with E-state index < -0.39 is 5.97 Å². The zero-order chi connectivity index (χ0) is 19.1. The van der Waals surface area contributed by atoms with Crippen LogP contribution in [0.3, 0.4) is 0 Å². The number of nitrogens with one attached hydrogen (secondary N) is 1. The summed E-state index contributed by atoms with van der Waals surface area (Å²) in [6.07, 6.45) is 2.71. The first-order valence-electron chi connectivity index (χ1n) is 8.67. The van der Waals surface area contributed by atoms with Crippen LogP contribution < -0.4 is 10.1 Å². The van der Waals surface area contributed by atoms with E-state index in [1.165, 1.54) is 0 Å². The molecule has 26 heavy (non-hydrogen) atoms. The van der Waals surface area contributed by atoms with Crippen LogP contribution in [-0.2, 0) is 9.59 Å². The largest absolute Gasteiger partial charge is 0.495 e. The van der Waals surface area contributed by atoms with Crippen LogP contribution in [0.1, 0.15) is 19.3 Å². The van der Waals surface area contributed by atoms with Crippen molar-refractivity contribution in [1.29, 1.82) is 0 Å². The van der Waals surface area contributed by atoms with E-state index in [1.54, 1.807) is 25.3 Å². The molecular formula is C18H26ClN3O4. The average molecular weight is 384 g/mol. The number of ether oxygens (including phenoxy) is 1. The molecule has 1 atom stereocenters. The molecular weight excluding hydrogens is 358 g/mol. The number of rotatable bonds is 7. The Kier molecular flexibility index (Phi) is 7.68. The first-order chi connectivity index (χ1) is 12.4. The lowest BCUT2D eigenvalue weighted by molar-refractivity contribution is -0.138. The molecule has 0 spiro atoms. The van der Waals surface area contributed by atoms with Crippen LogP contribution in [0.2, 0.25) is 5.02 Å². The normalized spacial score (nSPS) is 18.4. The maximum absolute atomic E-state index is 12.4. The summed E-state index contributed by atoms with van der Waals surface area (Å²) in [5.41, 5.74) is 0.555. The Morgan fingerprint density at radius 1 is 1.38 bits per heavy atom. The minimum absolute atomic E-state index is 0.0414. The number of benzene rings is 1. The monoisotopic (exact) mass is 383 g/mol. The van der Waals surface area contributed by atoms with Crippen LogP contribution in [0.25, 0.3) is 0 Å². The standard InChI is InChI=1S/C18H26ClN3O4/c1-21(12-18(24)25)14-4-3-8-22(9-7-14)11-17(23)20-15-10-13(19)5-6-16(15)26-2/h5-6,10,14H,3-4,7-9,11-12H2,1-2H3,(H,20,23)(H,24,25). The van der Waals surface area contributed by atoms with Gasteiger partial charge in [-0.05, 0) is 51.1 Å². The molecule has 0 bridgehead atoms. The predicted octanol–water partition coefficient (Wildman–Crippen LogP) is 2.16. The molecule has 1 fully saturated rings. The fourth-order valence-electron chi connectivity index (χ4n) is 3.25. The van der Waals surface area contributed by atoms with Gasteiger partial charge in [-0.1, -0.05) is 11.6 Å². The molecule has 1 aliphatic heterocycles. The summed E-state index contributed by atoms with van der Waals surface area (Å²) >= 11 is 5.99. The summed E-state index contributed by atoms with van der Waals surface area (Å²) in [7, 11) is 3.38. The van der Waals surface area contributed by atoms with Gasteiger partial charge in [-0.15, -0.1) is 0 Å². The van der Waals surface area contributed by atoms with Crippen LogP contribution in [-0.4, -0.2) is 73.2 Å². The van der Waals surface area contributed by atoms with E-state index in [0.717, 1.165) is 32.4 Å². The molecule has 0 aromatic heterocycles. The Labute approximate surface area is 158 Å².